The van der Waals surface area contributed by atoms with E-state index in [9.17, 15) is 9.18 Å². The Morgan fingerprint density at radius 2 is 2.14 bits per heavy atom. The Morgan fingerprint density at radius 1 is 1.29 bits per heavy atom. The van der Waals surface area contributed by atoms with Crippen LogP contribution in [0.4, 0.5) is 20.8 Å². The Kier molecular flexibility index (Phi) is 4.88. The van der Waals surface area contributed by atoms with Crippen molar-refractivity contribution in [2.75, 3.05) is 23.3 Å². The summed E-state index contributed by atoms with van der Waals surface area (Å²) in [4.78, 5) is 23.2. The highest BCUT2D eigenvalue weighted by Crippen LogP contribution is 2.21. The first kappa shape index (κ1) is 17.9. The molecule has 0 saturated carbocycles. The van der Waals surface area contributed by atoms with E-state index < -0.39 is 11.8 Å². The Balaban J connectivity index is 1.38. The van der Waals surface area contributed by atoms with Gasteiger partial charge in [-0.2, -0.15) is 5.10 Å². The van der Waals surface area contributed by atoms with E-state index in [1.807, 2.05) is 24.2 Å². The third-order valence-electron chi connectivity index (χ3n) is 4.57. The Labute approximate surface area is 161 Å². The molecule has 1 aliphatic rings. The Morgan fingerprint density at radius 3 is 2.93 bits per heavy atom. The highest BCUT2D eigenvalue weighted by molar-refractivity contribution is 5.89. The average Bonchev–Trinajstić information content (AvgIpc) is 3.33. The Bertz CT molecular complexity index is 990. The van der Waals surface area contributed by atoms with Crippen molar-refractivity contribution in [3.8, 4) is 11.3 Å². The zero-order valence-corrected chi connectivity index (χ0v) is 15.3. The molecule has 8 nitrogen and oxygen atoms in total. The molecule has 9 heteroatoms. The van der Waals surface area contributed by atoms with E-state index in [1.54, 1.807) is 29.2 Å². The fourth-order valence-electron chi connectivity index (χ4n) is 3.18. The number of amides is 2. The number of para-hydroxylation sites is 1. The highest BCUT2D eigenvalue weighted by atomic mass is 19.1. The molecule has 0 aliphatic carbocycles. The molecular weight excluding hydrogens is 361 g/mol. The maximum absolute atomic E-state index is 13.7. The number of aryl methyl sites for hydroxylation is 1. The van der Waals surface area contributed by atoms with E-state index in [-0.39, 0.29) is 11.7 Å². The minimum absolute atomic E-state index is 0.0718. The smallest absolute Gasteiger partial charge is 0.319 e. The van der Waals surface area contributed by atoms with Crippen LogP contribution in [0.3, 0.4) is 0 Å². The van der Waals surface area contributed by atoms with Gasteiger partial charge >= 0.3 is 6.03 Å². The fraction of sp³-hybridized carbons (Fsp3) is 0.263. The van der Waals surface area contributed by atoms with E-state index in [2.05, 4.69) is 25.7 Å². The van der Waals surface area contributed by atoms with Gasteiger partial charge in [-0.05, 0) is 24.6 Å². The monoisotopic (exact) mass is 381 g/mol. The Hall–Kier alpha value is -3.49. The summed E-state index contributed by atoms with van der Waals surface area (Å²) in [6.45, 7) is 1.31. The van der Waals surface area contributed by atoms with Crippen molar-refractivity contribution in [1.29, 1.82) is 0 Å². The number of halogens is 1. The third-order valence-corrected chi connectivity index (χ3v) is 4.57. The standard InChI is InChI=1S/C19H20FN7O/c1-26-11-13(10-22-26)16-6-8-21-18(24-16)27-9-7-14(12-27)23-19(28)25-17-5-3-2-4-15(17)20/h2-6,8,10-11,14H,7,9,12H2,1H3,(H2,23,25,28). The van der Waals surface area contributed by atoms with Crippen molar-refractivity contribution in [3.05, 3.63) is 54.7 Å². The molecule has 2 aromatic heterocycles. The first-order valence-electron chi connectivity index (χ1n) is 8.97. The molecule has 3 aromatic rings. The summed E-state index contributed by atoms with van der Waals surface area (Å²) in [5, 5.41) is 9.58. The van der Waals surface area contributed by atoms with Gasteiger partial charge in [0, 0.05) is 44.1 Å². The van der Waals surface area contributed by atoms with Gasteiger partial charge in [0.1, 0.15) is 5.82 Å². The molecule has 1 aliphatic heterocycles. The van der Waals surface area contributed by atoms with E-state index in [0.29, 0.717) is 12.5 Å². The normalized spacial score (nSPS) is 16.2. The van der Waals surface area contributed by atoms with Crippen LogP contribution in [0.1, 0.15) is 6.42 Å². The maximum Gasteiger partial charge on any atom is 0.319 e. The van der Waals surface area contributed by atoms with Crippen molar-refractivity contribution in [3.63, 3.8) is 0 Å². The number of aromatic nitrogens is 4. The zero-order valence-electron chi connectivity index (χ0n) is 15.3. The van der Waals surface area contributed by atoms with Crippen molar-refractivity contribution in [1.82, 2.24) is 25.1 Å². The van der Waals surface area contributed by atoms with Crippen LogP contribution in [-0.2, 0) is 7.05 Å². The van der Waals surface area contributed by atoms with Crippen LogP contribution in [0, 0.1) is 5.82 Å². The summed E-state index contributed by atoms with van der Waals surface area (Å²) in [6.07, 6.45) is 6.13. The maximum atomic E-state index is 13.7. The molecule has 1 atom stereocenters. The van der Waals surface area contributed by atoms with Crippen LogP contribution in [0.15, 0.2) is 48.9 Å². The number of carbonyl (C=O) groups excluding carboxylic acids is 1. The summed E-state index contributed by atoms with van der Waals surface area (Å²) in [5.41, 5.74) is 1.87. The van der Waals surface area contributed by atoms with E-state index in [4.69, 9.17) is 0 Å². The molecule has 4 rings (SSSR count). The fourth-order valence-corrected chi connectivity index (χ4v) is 3.18. The van der Waals surface area contributed by atoms with E-state index in [1.165, 1.54) is 12.1 Å². The van der Waals surface area contributed by atoms with Crippen LogP contribution in [0.2, 0.25) is 0 Å². The molecule has 1 saturated heterocycles. The summed E-state index contributed by atoms with van der Waals surface area (Å²) < 4.78 is 15.4. The third kappa shape index (κ3) is 3.93. The number of hydrogen-bond donors (Lipinski definition) is 2. The van der Waals surface area contributed by atoms with Crippen LogP contribution >= 0.6 is 0 Å². The van der Waals surface area contributed by atoms with Crippen LogP contribution in [-0.4, -0.2) is 44.9 Å². The molecule has 1 fully saturated rings. The number of hydrogen-bond acceptors (Lipinski definition) is 5. The molecule has 2 N–H and O–H groups in total. The van der Waals surface area contributed by atoms with Crippen LogP contribution in [0.5, 0.6) is 0 Å². The van der Waals surface area contributed by atoms with Crippen molar-refractivity contribution >= 4 is 17.7 Å². The largest absolute Gasteiger partial charge is 0.339 e. The summed E-state index contributed by atoms with van der Waals surface area (Å²) in [7, 11) is 1.86. The molecule has 1 unspecified atom stereocenters. The van der Waals surface area contributed by atoms with Gasteiger partial charge in [0.2, 0.25) is 5.95 Å². The number of benzene rings is 1. The minimum Gasteiger partial charge on any atom is -0.339 e. The van der Waals surface area contributed by atoms with Gasteiger partial charge in [-0.3, -0.25) is 4.68 Å². The van der Waals surface area contributed by atoms with Gasteiger partial charge in [-0.1, -0.05) is 12.1 Å². The van der Waals surface area contributed by atoms with E-state index >= 15 is 0 Å². The predicted molar refractivity (Wildman–Crippen MR) is 103 cm³/mol. The summed E-state index contributed by atoms with van der Waals surface area (Å²) in [6, 6.07) is 7.41. The van der Waals surface area contributed by atoms with Crippen LogP contribution < -0.4 is 15.5 Å². The average molecular weight is 381 g/mol. The topological polar surface area (TPSA) is 88.0 Å². The first-order chi connectivity index (χ1) is 13.6. The molecule has 144 valence electrons. The zero-order chi connectivity index (χ0) is 19.5. The predicted octanol–water partition coefficient (Wildman–Crippen LogP) is 2.42. The van der Waals surface area contributed by atoms with E-state index in [0.717, 1.165) is 24.2 Å². The molecular formula is C19H20FN7O. The molecule has 2 amide bonds. The van der Waals surface area contributed by atoms with Gasteiger partial charge in [0.15, 0.2) is 0 Å². The van der Waals surface area contributed by atoms with Gasteiger partial charge in [-0.15, -0.1) is 0 Å². The quantitative estimate of drug-likeness (QED) is 0.725. The number of carbonyl (C=O) groups is 1. The minimum atomic E-state index is -0.466. The lowest BCUT2D eigenvalue weighted by Gasteiger charge is -2.17. The summed E-state index contributed by atoms with van der Waals surface area (Å²) in [5.74, 6) is 0.145. The van der Waals surface area contributed by atoms with Gasteiger partial charge in [0.05, 0.1) is 17.6 Å². The van der Waals surface area contributed by atoms with Crippen molar-refractivity contribution < 1.29 is 9.18 Å². The number of anilines is 2. The molecule has 0 spiro atoms. The number of urea groups is 1. The van der Waals surface area contributed by atoms with Gasteiger partial charge in [0.25, 0.3) is 0 Å². The lowest BCUT2D eigenvalue weighted by molar-refractivity contribution is 0.249. The van der Waals surface area contributed by atoms with Crippen LogP contribution in [0.25, 0.3) is 11.3 Å². The van der Waals surface area contributed by atoms with Gasteiger partial charge in [-0.25, -0.2) is 19.2 Å². The molecule has 3 heterocycles. The highest BCUT2D eigenvalue weighted by Gasteiger charge is 2.26. The van der Waals surface area contributed by atoms with Crippen molar-refractivity contribution in [2.24, 2.45) is 7.05 Å². The number of nitrogens with one attached hydrogen (secondary N) is 2. The second-order valence-electron chi connectivity index (χ2n) is 6.65. The first-order valence-corrected chi connectivity index (χ1v) is 8.97. The number of nitrogens with zero attached hydrogens (tertiary/aromatic N) is 5. The second-order valence-corrected chi connectivity index (χ2v) is 6.65. The molecule has 0 radical (unpaired) electrons. The molecule has 0 bridgehead atoms. The lowest BCUT2D eigenvalue weighted by Crippen LogP contribution is -2.40. The summed E-state index contributed by atoms with van der Waals surface area (Å²) >= 11 is 0. The second kappa shape index (κ2) is 7.63. The SMILES string of the molecule is Cn1cc(-c2ccnc(N3CCC(NC(=O)Nc4ccccc4F)C3)n2)cn1. The molecule has 28 heavy (non-hydrogen) atoms. The lowest BCUT2D eigenvalue weighted by atomic mass is 10.2. The van der Waals surface area contributed by atoms with Crippen molar-refractivity contribution in [2.45, 2.75) is 12.5 Å². The number of rotatable bonds is 4. The molecule has 1 aromatic carbocycles. The van der Waals surface area contributed by atoms with Gasteiger partial charge < -0.3 is 15.5 Å².